The van der Waals surface area contributed by atoms with Gasteiger partial charge in [0.1, 0.15) is 5.75 Å². The first kappa shape index (κ1) is 18.0. The third-order valence-corrected chi connectivity index (χ3v) is 5.45. The molecule has 1 aromatic rings. The van der Waals surface area contributed by atoms with Crippen LogP contribution < -0.4 is 4.74 Å². The molecule has 1 saturated carbocycles. The van der Waals surface area contributed by atoms with Gasteiger partial charge in [0.25, 0.3) is 0 Å². The smallest absolute Gasteiger partial charge is 0.246 e. The van der Waals surface area contributed by atoms with Crippen LogP contribution in [0.15, 0.2) is 28.7 Å². The Morgan fingerprint density at radius 2 is 1.84 bits per heavy atom. The molecule has 0 N–H and O–H groups in total. The Labute approximate surface area is 156 Å². The molecule has 3 rings (SSSR count). The number of benzene rings is 1. The van der Waals surface area contributed by atoms with Crippen molar-refractivity contribution in [1.29, 1.82) is 0 Å². The molecule has 1 aliphatic carbocycles. The lowest BCUT2D eigenvalue weighted by atomic mass is 9.84. The Morgan fingerprint density at radius 1 is 1.16 bits per heavy atom. The fourth-order valence-corrected chi connectivity index (χ4v) is 3.54. The number of methoxy groups -OCH3 is 1. The van der Waals surface area contributed by atoms with Crippen LogP contribution in [0, 0.1) is 5.92 Å². The van der Waals surface area contributed by atoms with Crippen LogP contribution >= 0.6 is 15.9 Å². The van der Waals surface area contributed by atoms with Crippen LogP contribution in [0.3, 0.4) is 0 Å². The number of carbonyl (C=O) groups excluding carboxylic acids is 2. The largest absolute Gasteiger partial charge is 0.496 e. The van der Waals surface area contributed by atoms with Crippen molar-refractivity contribution in [2.75, 3.05) is 33.3 Å². The molecule has 0 unspecified atom stereocenters. The second-order valence-corrected chi connectivity index (χ2v) is 7.41. The van der Waals surface area contributed by atoms with Crippen LogP contribution in [-0.4, -0.2) is 54.9 Å². The Bertz CT molecular complexity index is 677. The quantitative estimate of drug-likeness (QED) is 0.722. The summed E-state index contributed by atoms with van der Waals surface area (Å²) in [5.74, 6) is 1.19. The van der Waals surface area contributed by atoms with E-state index in [9.17, 15) is 9.59 Å². The molecule has 0 spiro atoms. The highest BCUT2D eigenvalue weighted by Crippen LogP contribution is 2.28. The van der Waals surface area contributed by atoms with Gasteiger partial charge in [-0.2, -0.15) is 0 Å². The highest BCUT2D eigenvalue weighted by atomic mass is 79.9. The van der Waals surface area contributed by atoms with Crippen molar-refractivity contribution in [3.63, 3.8) is 0 Å². The van der Waals surface area contributed by atoms with Gasteiger partial charge in [-0.3, -0.25) is 9.59 Å². The Kier molecular flexibility index (Phi) is 5.78. The number of rotatable bonds is 4. The summed E-state index contributed by atoms with van der Waals surface area (Å²) < 4.78 is 6.25. The highest BCUT2D eigenvalue weighted by Gasteiger charge is 2.31. The first-order chi connectivity index (χ1) is 12.1. The zero-order valence-corrected chi connectivity index (χ0v) is 16.0. The molecule has 5 nitrogen and oxygen atoms in total. The van der Waals surface area contributed by atoms with Crippen molar-refractivity contribution in [1.82, 2.24) is 9.80 Å². The monoisotopic (exact) mass is 406 g/mol. The summed E-state index contributed by atoms with van der Waals surface area (Å²) in [4.78, 5) is 28.4. The maximum Gasteiger partial charge on any atom is 0.246 e. The number of carbonyl (C=O) groups is 2. The lowest BCUT2D eigenvalue weighted by Gasteiger charge is -2.37. The van der Waals surface area contributed by atoms with E-state index >= 15 is 0 Å². The molecular weight excluding hydrogens is 384 g/mol. The summed E-state index contributed by atoms with van der Waals surface area (Å²) in [7, 11) is 1.61. The minimum Gasteiger partial charge on any atom is -0.496 e. The van der Waals surface area contributed by atoms with Gasteiger partial charge in [-0.1, -0.05) is 22.4 Å². The van der Waals surface area contributed by atoms with Crippen molar-refractivity contribution >= 4 is 33.8 Å². The number of ether oxygens (including phenoxy) is 1. The molecule has 1 saturated heterocycles. The number of piperazine rings is 1. The van der Waals surface area contributed by atoms with Gasteiger partial charge >= 0.3 is 0 Å². The first-order valence-corrected chi connectivity index (χ1v) is 9.47. The lowest BCUT2D eigenvalue weighted by molar-refractivity contribution is -0.142. The molecule has 2 fully saturated rings. The van der Waals surface area contributed by atoms with Gasteiger partial charge in [-0.05, 0) is 37.1 Å². The molecule has 0 aromatic heterocycles. The van der Waals surface area contributed by atoms with Gasteiger partial charge in [0.05, 0.1) is 7.11 Å². The Balaban J connectivity index is 1.56. The average Bonchev–Trinajstić information content (AvgIpc) is 2.58. The van der Waals surface area contributed by atoms with E-state index in [0.29, 0.717) is 26.2 Å². The van der Waals surface area contributed by atoms with Crippen molar-refractivity contribution in [2.45, 2.75) is 19.3 Å². The molecule has 1 aromatic carbocycles. The number of nitrogens with zero attached hydrogens (tertiary/aromatic N) is 2. The molecule has 0 atom stereocenters. The summed E-state index contributed by atoms with van der Waals surface area (Å²) in [5.41, 5.74) is 0.851. The minimum absolute atomic E-state index is 0.0298. The normalized spacial score (nSPS) is 18.3. The Morgan fingerprint density at radius 3 is 2.44 bits per heavy atom. The van der Waals surface area contributed by atoms with Gasteiger partial charge in [-0.25, -0.2) is 0 Å². The van der Waals surface area contributed by atoms with Gasteiger partial charge in [0.2, 0.25) is 11.8 Å². The highest BCUT2D eigenvalue weighted by molar-refractivity contribution is 9.10. The molecule has 25 heavy (non-hydrogen) atoms. The molecule has 2 aliphatic rings. The van der Waals surface area contributed by atoms with Gasteiger partial charge in [0, 0.05) is 48.2 Å². The lowest BCUT2D eigenvalue weighted by Crippen LogP contribution is -2.52. The standard InChI is InChI=1S/C19H23BrN2O3/c1-25-17-7-6-16(20)13-15(17)5-8-18(23)21-9-11-22(12-10-21)19(24)14-3-2-4-14/h5-8,13-14H,2-4,9-12H2,1H3/b8-5+. The van der Waals surface area contributed by atoms with Crippen LogP contribution in [0.25, 0.3) is 6.08 Å². The molecule has 134 valence electrons. The van der Waals surface area contributed by atoms with E-state index in [1.807, 2.05) is 23.1 Å². The summed E-state index contributed by atoms with van der Waals surface area (Å²) in [6.45, 7) is 2.46. The van der Waals surface area contributed by atoms with Crippen LogP contribution in [0.1, 0.15) is 24.8 Å². The molecule has 6 heteroatoms. The Hall–Kier alpha value is -1.82. The third-order valence-electron chi connectivity index (χ3n) is 4.95. The first-order valence-electron chi connectivity index (χ1n) is 8.68. The predicted octanol–water partition coefficient (Wildman–Crippen LogP) is 2.94. The second-order valence-electron chi connectivity index (χ2n) is 6.50. The average molecular weight is 407 g/mol. The van der Waals surface area contributed by atoms with E-state index in [2.05, 4.69) is 15.9 Å². The minimum atomic E-state index is -0.0298. The summed E-state index contributed by atoms with van der Waals surface area (Å²) in [6.07, 6.45) is 6.56. The van der Waals surface area contributed by atoms with Crippen LogP contribution in [0.5, 0.6) is 5.75 Å². The summed E-state index contributed by atoms with van der Waals surface area (Å²) in [6, 6.07) is 5.67. The van der Waals surface area contributed by atoms with Crippen molar-refractivity contribution in [3.05, 3.63) is 34.3 Å². The van der Waals surface area contributed by atoms with E-state index in [0.717, 1.165) is 28.6 Å². The zero-order valence-electron chi connectivity index (χ0n) is 14.4. The molecule has 2 amide bonds. The van der Waals surface area contributed by atoms with E-state index in [-0.39, 0.29) is 17.7 Å². The maximum atomic E-state index is 12.4. The third kappa shape index (κ3) is 4.24. The molecular formula is C19H23BrN2O3. The zero-order chi connectivity index (χ0) is 17.8. The van der Waals surface area contributed by atoms with Crippen LogP contribution in [-0.2, 0) is 9.59 Å². The van der Waals surface area contributed by atoms with E-state index in [4.69, 9.17) is 4.74 Å². The summed E-state index contributed by atoms with van der Waals surface area (Å²) in [5, 5.41) is 0. The van der Waals surface area contributed by atoms with E-state index in [1.54, 1.807) is 24.2 Å². The topological polar surface area (TPSA) is 49.9 Å². The molecule has 0 bridgehead atoms. The number of hydrogen-bond donors (Lipinski definition) is 0. The van der Waals surface area contributed by atoms with Crippen LogP contribution in [0.4, 0.5) is 0 Å². The predicted molar refractivity (Wildman–Crippen MR) is 100 cm³/mol. The second kappa shape index (κ2) is 8.04. The van der Waals surface area contributed by atoms with Gasteiger partial charge in [0.15, 0.2) is 0 Å². The number of hydrogen-bond acceptors (Lipinski definition) is 3. The van der Waals surface area contributed by atoms with E-state index < -0.39 is 0 Å². The molecule has 1 heterocycles. The molecule has 1 aliphatic heterocycles. The van der Waals surface area contributed by atoms with Gasteiger partial charge < -0.3 is 14.5 Å². The van der Waals surface area contributed by atoms with Crippen LogP contribution in [0.2, 0.25) is 0 Å². The number of amides is 2. The molecule has 0 radical (unpaired) electrons. The van der Waals surface area contributed by atoms with Crippen molar-refractivity contribution < 1.29 is 14.3 Å². The maximum absolute atomic E-state index is 12.4. The van der Waals surface area contributed by atoms with Gasteiger partial charge in [-0.15, -0.1) is 0 Å². The fourth-order valence-electron chi connectivity index (χ4n) is 3.16. The number of halogens is 1. The van der Waals surface area contributed by atoms with Crippen molar-refractivity contribution in [2.24, 2.45) is 5.92 Å². The van der Waals surface area contributed by atoms with Crippen molar-refractivity contribution in [3.8, 4) is 5.75 Å². The summed E-state index contributed by atoms with van der Waals surface area (Å²) >= 11 is 3.43. The fraction of sp³-hybridized carbons (Fsp3) is 0.474. The SMILES string of the molecule is COc1ccc(Br)cc1/C=C/C(=O)N1CCN(C(=O)C2CCC2)CC1. The van der Waals surface area contributed by atoms with E-state index in [1.165, 1.54) is 6.42 Å².